The normalized spacial score (nSPS) is 14.3. The summed E-state index contributed by atoms with van der Waals surface area (Å²) in [5.41, 5.74) is 1.69. The summed E-state index contributed by atoms with van der Waals surface area (Å²) in [7, 11) is 0. The van der Waals surface area contributed by atoms with E-state index in [9.17, 15) is 4.79 Å². The quantitative estimate of drug-likeness (QED) is 0.815. The number of nitrogens with one attached hydrogen (secondary N) is 2. The smallest absolute Gasteiger partial charge is 0.293 e. The average Bonchev–Trinajstić information content (AvgIpc) is 3.10. The molecule has 1 aromatic carbocycles. The summed E-state index contributed by atoms with van der Waals surface area (Å²) < 4.78 is 10.4. The van der Waals surface area contributed by atoms with Gasteiger partial charge in [-0.25, -0.2) is 0 Å². The molecule has 0 spiro atoms. The van der Waals surface area contributed by atoms with E-state index >= 15 is 0 Å². The molecule has 0 bridgehead atoms. The standard InChI is InChI=1S/C16H16ClN3O3S/c17-11-3-4-13(20-5-8-22-9-6-20)12(10-11)18-16(24)19-15(21)14-2-1-7-23-14/h1-4,7,10H,5-6,8-9H2,(H2,18,19,21,24). The first kappa shape index (κ1) is 16.8. The third-order valence-corrected chi connectivity index (χ3v) is 3.97. The molecule has 0 unspecified atom stereocenters. The number of amides is 1. The number of carbonyl (C=O) groups excluding carboxylic acids is 1. The molecule has 8 heteroatoms. The lowest BCUT2D eigenvalue weighted by Crippen LogP contribution is -2.38. The Morgan fingerprint density at radius 1 is 1.25 bits per heavy atom. The first-order valence-electron chi connectivity index (χ1n) is 7.41. The van der Waals surface area contributed by atoms with Gasteiger partial charge in [0.25, 0.3) is 5.91 Å². The van der Waals surface area contributed by atoms with Crippen LogP contribution < -0.4 is 15.5 Å². The molecule has 1 aromatic heterocycles. The second-order valence-electron chi connectivity index (χ2n) is 5.15. The van der Waals surface area contributed by atoms with Gasteiger partial charge in [0, 0.05) is 18.1 Å². The highest BCUT2D eigenvalue weighted by atomic mass is 35.5. The molecule has 3 rings (SSSR count). The van der Waals surface area contributed by atoms with Crippen molar-refractivity contribution in [3.05, 3.63) is 47.4 Å². The number of carbonyl (C=O) groups is 1. The molecule has 1 fully saturated rings. The van der Waals surface area contributed by atoms with Crippen LogP contribution in [0.2, 0.25) is 5.02 Å². The Morgan fingerprint density at radius 2 is 2.04 bits per heavy atom. The number of hydrogen-bond donors (Lipinski definition) is 2. The Bertz CT molecular complexity index is 730. The fourth-order valence-corrected chi connectivity index (χ4v) is 2.79. The lowest BCUT2D eigenvalue weighted by Gasteiger charge is -2.30. The van der Waals surface area contributed by atoms with E-state index < -0.39 is 5.91 Å². The maximum absolute atomic E-state index is 12.0. The van der Waals surface area contributed by atoms with Crippen LogP contribution in [0.3, 0.4) is 0 Å². The number of hydrogen-bond acceptors (Lipinski definition) is 5. The monoisotopic (exact) mass is 365 g/mol. The molecule has 1 aliphatic heterocycles. The van der Waals surface area contributed by atoms with Gasteiger partial charge in [0.1, 0.15) is 0 Å². The topological polar surface area (TPSA) is 66.7 Å². The number of benzene rings is 1. The fourth-order valence-electron chi connectivity index (χ4n) is 2.41. The van der Waals surface area contributed by atoms with E-state index in [1.165, 1.54) is 6.26 Å². The maximum Gasteiger partial charge on any atom is 0.293 e. The van der Waals surface area contributed by atoms with Gasteiger partial charge in [-0.15, -0.1) is 0 Å². The van der Waals surface area contributed by atoms with Gasteiger partial charge in [-0.3, -0.25) is 10.1 Å². The van der Waals surface area contributed by atoms with E-state index in [2.05, 4.69) is 15.5 Å². The van der Waals surface area contributed by atoms with Crippen molar-refractivity contribution in [2.24, 2.45) is 0 Å². The van der Waals surface area contributed by atoms with Crippen LogP contribution in [0.4, 0.5) is 11.4 Å². The maximum atomic E-state index is 12.0. The van der Waals surface area contributed by atoms with Crippen molar-refractivity contribution in [2.45, 2.75) is 0 Å². The van der Waals surface area contributed by atoms with Gasteiger partial charge in [0.05, 0.1) is 30.9 Å². The van der Waals surface area contributed by atoms with Gasteiger partial charge in [-0.05, 0) is 42.5 Å². The van der Waals surface area contributed by atoms with Crippen LogP contribution in [-0.2, 0) is 4.74 Å². The minimum Gasteiger partial charge on any atom is -0.459 e. The first-order chi connectivity index (χ1) is 11.6. The van der Waals surface area contributed by atoms with Crippen LogP contribution in [0.25, 0.3) is 0 Å². The zero-order valence-corrected chi connectivity index (χ0v) is 14.3. The summed E-state index contributed by atoms with van der Waals surface area (Å²) in [6.45, 7) is 2.90. The molecule has 1 amide bonds. The molecule has 2 N–H and O–H groups in total. The van der Waals surface area contributed by atoms with E-state index in [0.717, 1.165) is 24.5 Å². The summed E-state index contributed by atoms with van der Waals surface area (Å²) in [4.78, 5) is 14.2. The van der Waals surface area contributed by atoms with E-state index in [0.29, 0.717) is 18.2 Å². The summed E-state index contributed by atoms with van der Waals surface area (Å²) >= 11 is 11.3. The third kappa shape index (κ3) is 4.05. The van der Waals surface area contributed by atoms with Gasteiger partial charge >= 0.3 is 0 Å². The van der Waals surface area contributed by atoms with Crippen LogP contribution in [-0.4, -0.2) is 37.3 Å². The lowest BCUT2D eigenvalue weighted by molar-refractivity contribution is 0.0950. The molecule has 126 valence electrons. The van der Waals surface area contributed by atoms with Gasteiger partial charge < -0.3 is 19.4 Å². The number of furan rings is 1. The van der Waals surface area contributed by atoms with Gasteiger partial charge in [0.2, 0.25) is 0 Å². The Morgan fingerprint density at radius 3 is 2.75 bits per heavy atom. The molecule has 0 radical (unpaired) electrons. The highest BCUT2D eigenvalue weighted by Crippen LogP contribution is 2.29. The predicted octanol–water partition coefficient (Wildman–Crippen LogP) is 2.90. The summed E-state index contributed by atoms with van der Waals surface area (Å²) in [5, 5.41) is 6.37. The van der Waals surface area contributed by atoms with Gasteiger partial charge in [-0.2, -0.15) is 0 Å². The Labute approximate surface area is 149 Å². The molecular weight excluding hydrogens is 350 g/mol. The summed E-state index contributed by atoms with van der Waals surface area (Å²) in [5.74, 6) is -0.217. The number of rotatable bonds is 3. The molecule has 2 heterocycles. The number of anilines is 2. The van der Waals surface area contributed by atoms with E-state index in [-0.39, 0.29) is 10.9 Å². The third-order valence-electron chi connectivity index (χ3n) is 3.53. The zero-order valence-electron chi connectivity index (χ0n) is 12.8. The Balaban J connectivity index is 1.72. The van der Waals surface area contributed by atoms with Crippen molar-refractivity contribution in [1.29, 1.82) is 0 Å². The number of thiocarbonyl (C=S) groups is 1. The van der Waals surface area contributed by atoms with Crippen LogP contribution in [0.5, 0.6) is 0 Å². The van der Waals surface area contributed by atoms with Crippen LogP contribution in [0.1, 0.15) is 10.6 Å². The molecule has 6 nitrogen and oxygen atoms in total. The van der Waals surface area contributed by atoms with Crippen molar-refractivity contribution < 1.29 is 13.9 Å². The molecular formula is C16H16ClN3O3S. The number of ether oxygens (including phenoxy) is 1. The predicted molar refractivity (Wildman–Crippen MR) is 96.9 cm³/mol. The minimum absolute atomic E-state index is 0.174. The van der Waals surface area contributed by atoms with Crippen molar-refractivity contribution in [3.63, 3.8) is 0 Å². The number of halogens is 1. The van der Waals surface area contributed by atoms with Crippen LogP contribution >= 0.6 is 23.8 Å². The summed E-state index contributed by atoms with van der Waals surface area (Å²) in [6, 6.07) is 8.72. The second-order valence-corrected chi connectivity index (χ2v) is 5.99. The number of nitrogens with zero attached hydrogens (tertiary/aromatic N) is 1. The van der Waals surface area contributed by atoms with Crippen molar-refractivity contribution in [2.75, 3.05) is 36.5 Å². The molecule has 24 heavy (non-hydrogen) atoms. The SMILES string of the molecule is O=C(NC(=S)Nc1cc(Cl)ccc1N1CCOCC1)c1ccco1. The zero-order chi connectivity index (χ0) is 16.9. The van der Waals surface area contributed by atoms with Crippen molar-refractivity contribution in [3.8, 4) is 0 Å². The average molecular weight is 366 g/mol. The van der Waals surface area contributed by atoms with Gasteiger partial charge in [0.15, 0.2) is 10.9 Å². The number of morpholine rings is 1. The molecule has 1 aliphatic rings. The molecule has 2 aromatic rings. The van der Waals surface area contributed by atoms with Crippen molar-refractivity contribution >= 4 is 46.2 Å². The lowest BCUT2D eigenvalue weighted by atomic mass is 10.2. The van der Waals surface area contributed by atoms with Crippen LogP contribution in [0.15, 0.2) is 41.0 Å². The highest BCUT2D eigenvalue weighted by molar-refractivity contribution is 7.80. The molecule has 0 atom stereocenters. The molecule has 0 aliphatic carbocycles. The highest BCUT2D eigenvalue weighted by Gasteiger charge is 2.17. The van der Waals surface area contributed by atoms with Crippen LogP contribution in [0, 0.1) is 0 Å². The fraction of sp³-hybridized carbons (Fsp3) is 0.250. The van der Waals surface area contributed by atoms with E-state index in [1.54, 1.807) is 18.2 Å². The largest absolute Gasteiger partial charge is 0.459 e. The van der Waals surface area contributed by atoms with Gasteiger partial charge in [-0.1, -0.05) is 11.6 Å². The molecule has 0 saturated carbocycles. The van der Waals surface area contributed by atoms with E-state index in [4.69, 9.17) is 33.0 Å². The first-order valence-corrected chi connectivity index (χ1v) is 8.20. The minimum atomic E-state index is -0.410. The second kappa shape index (κ2) is 7.65. The summed E-state index contributed by atoms with van der Waals surface area (Å²) in [6.07, 6.45) is 1.43. The molecule has 1 saturated heterocycles. The van der Waals surface area contributed by atoms with E-state index in [1.807, 2.05) is 12.1 Å². The Kier molecular flexibility index (Phi) is 5.34. The van der Waals surface area contributed by atoms with Crippen molar-refractivity contribution in [1.82, 2.24) is 5.32 Å². The Hall–Kier alpha value is -2.09.